The van der Waals surface area contributed by atoms with E-state index in [-0.39, 0.29) is 0 Å². The van der Waals surface area contributed by atoms with Crippen LogP contribution in [0.4, 0.5) is 5.69 Å². The summed E-state index contributed by atoms with van der Waals surface area (Å²) in [6, 6.07) is 14.3. The molecule has 0 saturated carbocycles. The maximum absolute atomic E-state index is 6.69. The predicted molar refractivity (Wildman–Crippen MR) is 150 cm³/mol. The Hall–Kier alpha value is -3.16. The maximum atomic E-state index is 6.69. The SMILES string of the molecule is Cc1nccn1CCOc1nc2c(c([C@@H]3C[C@H]4CC[C@@H](C3)N4)n1)CCN(c1cccc3cccc(Cl)c13)C2. The number of fused-ring (bicyclic) bond motifs is 4. The number of rotatable bonds is 6. The predicted octanol–water partition coefficient (Wildman–Crippen LogP) is 5.43. The van der Waals surface area contributed by atoms with Gasteiger partial charge in [0, 0.05) is 48.0 Å². The van der Waals surface area contributed by atoms with Crippen molar-refractivity contribution in [2.45, 2.75) is 70.1 Å². The molecule has 2 fully saturated rings. The molecule has 1 N–H and O–H groups in total. The average Bonchev–Trinajstić information content (AvgIpc) is 3.50. The lowest BCUT2D eigenvalue weighted by Gasteiger charge is -2.35. The number of aryl methyl sites for hydroxylation is 1. The molecular formula is C30H33ClN6O. The molecule has 4 aromatic rings. The van der Waals surface area contributed by atoms with Crippen molar-refractivity contribution < 1.29 is 4.74 Å². The van der Waals surface area contributed by atoms with Gasteiger partial charge in [0.1, 0.15) is 12.4 Å². The first-order chi connectivity index (χ1) is 18.6. The highest BCUT2D eigenvalue weighted by Crippen LogP contribution is 2.41. The van der Waals surface area contributed by atoms with Crippen LogP contribution >= 0.6 is 11.6 Å². The Bertz CT molecular complexity index is 1470. The molecule has 196 valence electrons. The molecule has 0 spiro atoms. The third kappa shape index (κ3) is 4.41. The summed E-state index contributed by atoms with van der Waals surface area (Å²) in [4.78, 5) is 16.8. The quantitative estimate of drug-likeness (QED) is 0.360. The second-order valence-electron chi connectivity index (χ2n) is 10.9. The second kappa shape index (κ2) is 9.86. The highest BCUT2D eigenvalue weighted by molar-refractivity contribution is 6.36. The fourth-order valence-corrected chi connectivity index (χ4v) is 7.02. The van der Waals surface area contributed by atoms with Crippen LogP contribution in [0.2, 0.25) is 5.02 Å². The zero-order valence-electron chi connectivity index (χ0n) is 21.7. The zero-order valence-corrected chi connectivity index (χ0v) is 22.5. The summed E-state index contributed by atoms with van der Waals surface area (Å²) in [5, 5.41) is 6.84. The van der Waals surface area contributed by atoms with Crippen molar-refractivity contribution in [3.05, 3.63) is 76.6 Å². The number of nitrogens with zero attached hydrogens (tertiary/aromatic N) is 5. The number of hydrogen-bond acceptors (Lipinski definition) is 6. The maximum Gasteiger partial charge on any atom is 0.316 e. The first-order valence-electron chi connectivity index (χ1n) is 13.8. The van der Waals surface area contributed by atoms with Crippen molar-refractivity contribution in [2.24, 2.45) is 0 Å². The van der Waals surface area contributed by atoms with Gasteiger partial charge in [-0.15, -0.1) is 0 Å². The molecule has 38 heavy (non-hydrogen) atoms. The van der Waals surface area contributed by atoms with Gasteiger partial charge in [-0.1, -0.05) is 35.9 Å². The number of aromatic nitrogens is 4. The van der Waals surface area contributed by atoms with Crippen molar-refractivity contribution in [3.63, 3.8) is 0 Å². The molecule has 0 radical (unpaired) electrons. The lowest BCUT2D eigenvalue weighted by molar-refractivity contribution is 0.269. The molecule has 0 aliphatic carbocycles. The Morgan fingerprint density at radius 1 is 1.08 bits per heavy atom. The lowest BCUT2D eigenvalue weighted by atomic mass is 9.85. The van der Waals surface area contributed by atoms with Crippen molar-refractivity contribution in [3.8, 4) is 6.01 Å². The van der Waals surface area contributed by atoms with Gasteiger partial charge in [0.05, 0.1) is 29.5 Å². The topological polar surface area (TPSA) is 68.1 Å². The Kier molecular flexibility index (Phi) is 6.21. The van der Waals surface area contributed by atoms with E-state index in [1.807, 2.05) is 31.5 Å². The van der Waals surface area contributed by atoms with Crippen LogP contribution in [-0.2, 0) is 19.5 Å². The number of nitrogens with one attached hydrogen (secondary N) is 1. The molecule has 2 aromatic carbocycles. The summed E-state index contributed by atoms with van der Waals surface area (Å²) in [5.41, 5.74) is 4.80. The van der Waals surface area contributed by atoms with Crippen molar-refractivity contribution in [2.75, 3.05) is 18.1 Å². The number of anilines is 1. The van der Waals surface area contributed by atoms with E-state index in [9.17, 15) is 0 Å². The summed E-state index contributed by atoms with van der Waals surface area (Å²) in [6.45, 7) is 4.89. The van der Waals surface area contributed by atoms with Crippen LogP contribution in [0, 0.1) is 6.92 Å². The molecule has 2 saturated heterocycles. The Morgan fingerprint density at radius 2 is 1.89 bits per heavy atom. The summed E-state index contributed by atoms with van der Waals surface area (Å²) < 4.78 is 8.30. The molecule has 2 aromatic heterocycles. The smallest absolute Gasteiger partial charge is 0.316 e. The molecule has 2 bridgehead atoms. The largest absolute Gasteiger partial charge is 0.462 e. The van der Waals surface area contributed by atoms with Gasteiger partial charge in [-0.3, -0.25) is 0 Å². The number of halogens is 1. The van der Waals surface area contributed by atoms with Crippen molar-refractivity contribution in [1.29, 1.82) is 0 Å². The Balaban J connectivity index is 1.21. The summed E-state index contributed by atoms with van der Waals surface area (Å²) >= 11 is 6.69. The van der Waals surface area contributed by atoms with E-state index in [2.05, 4.69) is 44.0 Å². The second-order valence-corrected chi connectivity index (χ2v) is 11.3. The van der Waals surface area contributed by atoms with E-state index >= 15 is 0 Å². The molecular weight excluding hydrogens is 496 g/mol. The van der Waals surface area contributed by atoms with E-state index in [4.69, 9.17) is 26.3 Å². The summed E-state index contributed by atoms with van der Waals surface area (Å²) in [6.07, 6.45) is 9.58. The average molecular weight is 529 g/mol. The Morgan fingerprint density at radius 3 is 2.68 bits per heavy atom. The van der Waals surface area contributed by atoms with Gasteiger partial charge < -0.3 is 19.5 Å². The van der Waals surface area contributed by atoms with Gasteiger partial charge >= 0.3 is 6.01 Å². The van der Waals surface area contributed by atoms with Gasteiger partial charge in [-0.25, -0.2) is 4.98 Å². The van der Waals surface area contributed by atoms with Crippen LogP contribution in [0.3, 0.4) is 0 Å². The van der Waals surface area contributed by atoms with Gasteiger partial charge in [-0.05, 0) is 62.1 Å². The van der Waals surface area contributed by atoms with Crippen LogP contribution in [-0.4, -0.2) is 44.8 Å². The molecule has 0 unspecified atom stereocenters. The minimum atomic E-state index is 0.460. The standard InChI is InChI=1S/C30H33ClN6O/c1-19-32-11-13-36(19)14-15-38-30-34-26-18-37(27-7-3-5-20-4-2-6-25(31)28(20)27)12-10-24(26)29(35-30)21-16-22-8-9-23(17-21)33-22/h2-7,11,13,21-23,33H,8-10,12,14-18H2,1H3/t21-,22-,23+. The molecule has 5 heterocycles. The third-order valence-electron chi connectivity index (χ3n) is 8.60. The highest BCUT2D eigenvalue weighted by Gasteiger charge is 2.37. The van der Waals surface area contributed by atoms with Crippen LogP contribution in [0.15, 0.2) is 48.8 Å². The number of hydrogen-bond donors (Lipinski definition) is 1. The monoisotopic (exact) mass is 528 g/mol. The zero-order chi connectivity index (χ0) is 25.6. The first kappa shape index (κ1) is 23.9. The van der Waals surface area contributed by atoms with Gasteiger partial charge in [0.2, 0.25) is 0 Å². The number of piperidine rings is 1. The molecule has 0 amide bonds. The lowest BCUT2D eigenvalue weighted by Crippen LogP contribution is -2.38. The highest BCUT2D eigenvalue weighted by atomic mass is 35.5. The number of imidazole rings is 1. The van der Waals surface area contributed by atoms with E-state index in [1.165, 1.54) is 24.1 Å². The molecule has 3 aliphatic rings. The summed E-state index contributed by atoms with van der Waals surface area (Å²) in [5.74, 6) is 1.44. The van der Waals surface area contributed by atoms with Gasteiger partial charge in [0.15, 0.2) is 0 Å². The van der Waals surface area contributed by atoms with Crippen LogP contribution in [0.25, 0.3) is 10.8 Å². The molecule has 7 rings (SSSR count). The fourth-order valence-electron chi connectivity index (χ4n) is 6.74. The molecule has 7 nitrogen and oxygen atoms in total. The van der Waals surface area contributed by atoms with Gasteiger partial charge in [0.25, 0.3) is 0 Å². The number of ether oxygens (including phenoxy) is 1. The molecule has 3 aliphatic heterocycles. The fraction of sp³-hybridized carbons (Fsp3) is 0.433. The van der Waals surface area contributed by atoms with E-state index in [0.717, 1.165) is 71.9 Å². The normalized spacial score (nSPS) is 22.6. The Labute approximate surface area is 228 Å². The van der Waals surface area contributed by atoms with E-state index in [0.29, 0.717) is 30.6 Å². The van der Waals surface area contributed by atoms with E-state index in [1.54, 1.807) is 0 Å². The third-order valence-corrected chi connectivity index (χ3v) is 8.91. The van der Waals surface area contributed by atoms with Crippen LogP contribution < -0.4 is 15.0 Å². The van der Waals surface area contributed by atoms with Crippen molar-refractivity contribution in [1.82, 2.24) is 24.8 Å². The van der Waals surface area contributed by atoms with E-state index < -0.39 is 0 Å². The van der Waals surface area contributed by atoms with Crippen LogP contribution in [0.5, 0.6) is 6.01 Å². The van der Waals surface area contributed by atoms with Gasteiger partial charge in [-0.2, -0.15) is 9.97 Å². The summed E-state index contributed by atoms with van der Waals surface area (Å²) in [7, 11) is 0. The number of benzene rings is 2. The van der Waals surface area contributed by atoms with Crippen LogP contribution in [0.1, 0.15) is 54.4 Å². The minimum Gasteiger partial charge on any atom is -0.462 e. The minimum absolute atomic E-state index is 0.460. The van der Waals surface area contributed by atoms with Crippen molar-refractivity contribution >= 4 is 28.1 Å². The molecule has 3 atom stereocenters. The molecule has 8 heteroatoms. The first-order valence-corrected chi connectivity index (χ1v) is 14.2.